The zero-order chi connectivity index (χ0) is 21.8. The first-order valence-corrected chi connectivity index (χ1v) is 10.5. The van der Waals surface area contributed by atoms with Crippen LogP contribution in [0.25, 0.3) is 6.08 Å². The fourth-order valence-electron chi connectivity index (χ4n) is 4.77. The van der Waals surface area contributed by atoms with Gasteiger partial charge in [0.25, 0.3) is 0 Å². The van der Waals surface area contributed by atoms with E-state index in [1.165, 1.54) is 0 Å². The lowest BCUT2D eigenvalue weighted by atomic mass is 9.92. The zero-order valence-electron chi connectivity index (χ0n) is 16.7. The Bertz CT molecular complexity index is 1230. The average molecular weight is 430 g/mol. The van der Waals surface area contributed by atoms with Crippen molar-refractivity contribution in [1.82, 2.24) is 0 Å². The summed E-state index contributed by atoms with van der Waals surface area (Å²) in [6, 6.07) is 20.5. The smallest absolute Gasteiger partial charge is 0.335 e. The maximum atomic E-state index is 13.7. The second kappa shape index (κ2) is 7.10. The van der Waals surface area contributed by atoms with E-state index in [9.17, 15) is 14.7 Å². The summed E-state index contributed by atoms with van der Waals surface area (Å²) in [5.41, 5.74) is 4.35. The fraction of sp³-hybridized carbons (Fsp3) is 0.154. The number of nitrogens with zero attached hydrogens (tertiary/aromatic N) is 1. The summed E-state index contributed by atoms with van der Waals surface area (Å²) in [4.78, 5) is 26.9. The van der Waals surface area contributed by atoms with Crippen LogP contribution in [0.5, 0.6) is 0 Å². The molecule has 1 fully saturated rings. The number of benzene rings is 3. The summed E-state index contributed by atoms with van der Waals surface area (Å²) < 4.78 is 0. The summed E-state index contributed by atoms with van der Waals surface area (Å²) in [5.74, 6) is -0.849. The number of hydrogen-bond donors (Lipinski definition) is 1. The summed E-state index contributed by atoms with van der Waals surface area (Å²) in [5, 5.41) is 9.91. The van der Waals surface area contributed by atoms with Crippen LogP contribution in [0, 0.1) is 0 Å². The zero-order valence-corrected chi connectivity index (χ0v) is 17.5. The van der Waals surface area contributed by atoms with Crippen LogP contribution in [0.4, 0.5) is 5.69 Å². The molecule has 0 aromatic heterocycles. The Balaban J connectivity index is 1.53. The molecule has 1 saturated carbocycles. The molecule has 1 amide bonds. The molecule has 5 rings (SSSR count). The first kappa shape index (κ1) is 19.6. The topological polar surface area (TPSA) is 57.6 Å². The van der Waals surface area contributed by atoms with Crippen molar-refractivity contribution < 1.29 is 14.7 Å². The molecule has 2 atom stereocenters. The van der Waals surface area contributed by atoms with E-state index in [0.29, 0.717) is 11.6 Å². The molecule has 4 nitrogen and oxygen atoms in total. The van der Waals surface area contributed by atoms with Crippen LogP contribution in [0.3, 0.4) is 0 Å². The number of halogens is 1. The molecular weight excluding hydrogens is 410 g/mol. The Morgan fingerprint density at radius 1 is 1.16 bits per heavy atom. The van der Waals surface area contributed by atoms with E-state index in [1.807, 2.05) is 30.3 Å². The van der Waals surface area contributed by atoms with Crippen molar-refractivity contribution in [2.24, 2.45) is 0 Å². The van der Waals surface area contributed by atoms with E-state index in [1.54, 1.807) is 35.2 Å². The summed E-state index contributed by atoms with van der Waals surface area (Å²) in [6.45, 7) is 4.12. The van der Waals surface area contributed by atoms with Crippen LogP contribution < -0.4 is 4.90 Å². The molecule has 1 spiro atoms. The van der Waals surface area contributed by atoms with Gasteiger partial charge in [-0.15, -0.1) is 0 Å². The van der Waals surface area contributed by atoms with E-state index in [2.05, 4.69) is 18.7 Å². The molecule has 0 unspecified atom stereocenters. The monoisotopic (exact) mass is 429 g/mol. The minimum absolute atomic E-state index is 0.0447. The Morgan fingerprint density at radius 3 is 2.65 bits per heavy atom. The fourth-order valence-corrected chi connectivity index (χ4v) is 4.94. The first-order valence-electron chi connectivity index (χ1n) is 10.1. The van der Waals surface area contributed by atoms with Crippen LogP contribution in [-0.4, -0.2) is 17.0 Å². The van der Waals surface area contributed by atoms with Crippen LogP contribution in [0.1, 0.15) is 45.0 Å². The molecule has 1 aliphatic carbocycles. The molecule has 1 N–H and O–H groups in total. The standard InChI is InChI=1S/C26H20ClNO3/c1-2-16-6-8-18(9-7-16)22-14-26(22)21-13-20(27)10-11-23(21)28(25(26)31)15-17-4-3-5-19(12-17)24(29)30/h2-13,22H,1,14-15H2,(H,29,30)/t22-,26+/m0/s1. The molecule has 5 heteroatoms. The normalized spacial score (nSPS) is 21.3. The van der Waals surface area contributed by atoms with Gasteiger partial charge >= 0.3 is 5.97 Å². The Labute approximate surface area is 185 Å². The lowest BCUT2D eigenvalue weighted by Crippen LogP contribution is -2.32. The van der Waals surface area contributed by atoms with Gasteiger partial charge in [-0.05, 0) is 59.0 Å². The molecule has 2 aliphatic rings. The maximum Gasteiger partial charge on any atom is 0.335 e. The van der Waals surface area contributed by atoms with Crippen molar-refractivity contribution in [2.45, 2.75) is 24.3 Å². The molecule has 0 saturated heterocycles. The van der Waals surface area contributed by atoms with E-state index in [-0.39, 0.29) is 17.4 Å². The average Bonchev–Trinajstić information content (AvgIpc) is 3.50. The molecule has 3 aromatic carbocycles. The van der Waals surface area contributed by atoms with Crippen LogP contribution in [-0.2, 0) is 16.8 Å². The van der Waals surface area contributed by atoms with Crippen molar-refractivity contribution in [2.75, 3.05) is 4.90 Å². The third kappa shape index (κ3) is 3.06. The minimum Gasteiger partial charge on any atom is -0.478 e. The summed E-state index contributed by atoms with van der Waals surface area (Å²) in [6.07, 6.45) is 2.54. The SMILES string of the molecule is C=Cc1ccc([C@@H]2C[C@]23C(=O)N(Cc2cccc(C(=O)O)c2)c2ccc(Cl)cc23)cc1. The number of fused-ring (bicyclic) bond motifs is 2. The summed E-state index contributed by atoms with van der Waals surface area (Å²) in [7, 11) is 0. The van der Waals surface area contributed by atoms with Crippen molar-refractivity contribution in [3.05, 3.63) is 106 Å². The van der Waals surface area contributed by atoms with Gasteiger partial charge in [-0.3, -0.25) is 4.79 Å². The van der Waals surface area contributed by atoms with Crippen molar-refractivity contribution in [1.29, 1.82) is 0 Å². The number of carbonyl (C=O) groups is 2. The molecule has 0 bridgehead atoms. The predicted molar refractivity (Wildman–Crippen MR) is 122 cm³/mol. The second-order valence-corrected chi connectivity index (χ2v) is 8.59. The van der Waals surface area contributed by atoms with Crippen molar-refractivity contribution >= 4 is 35.2 Å². The highest BCUT2D eigenvalue weighted by Gasteiger charge is 2.67. The van der Waals surface area contributed by atoms with Gasteiger partial charge in [0, 0.05) is 16.6 Å². The number of amides is 1. The van der Waals surface area contributed by atoms with E-state index < -0.39 is 11.4 Å². The molecule has 154 valence electrons. The molecule has 3 aromatic rings. The highest BCUT2D eigenvalue weighted by molar-refractivity contribution is 6.31. The maximum absolute atomic E-state index is 13.7. The van der Waals surface area contributed by atoms with Gasteiger partial charge in [-0.1, -0.05) is 60.7 Å². The predicted octanol–water partition coefficient (Wildman–Crippen LogP) is 5.65. The van der Waals surface area contributed by atoms with Crippen molar-refractivity contribution in [3.63, 3.8) is 0 Å². The number of rotatable bonds is 5. The lowest BCUT2D eigenvalue weighted by molar-refractivity contribution is -0.120. The van der Waals surface area contributed by atoms with Crippen LogP contribution in [0.15, 0.2) is 73.3 Å². The highest BCUT2D eigenvalue weighted by Crippen LogP contribution is 2.66. The minimum atomic E-state index is -0.983. The number of carboxylic acids is 1. The van der Waals surface area contributed by atoms with E-state index in [0.717, 1.165) is 34.4 Å². The van der Waals surface area contributed by atoms with Gasteiger partial charge < -0.3 is 10.0 Å². The lowest BCUT2D eigenvalue weighted by Gasteiger charge is -2.19. The largest absolute Gasteiger partial charge is 0.478 e. The third-order valence-electron chi connectivity index (χ3n) is 6.41. The van der Waals surface area contributed by atoms with Gasteiger partial charge in [-0.2, -0.15) is 0 Å². The van der Waals surface area contributed by atoms with E-state index in [4.69, 9.17) is 11.6 Å². The molecule has 1 heterocycles. The van der Waals surface area contributed by atoms with Crippen LogP contribution in [0.2, 0.25) is 5.02 Å². The number of aromatic carboxylic acids is 1. The number of anilines is 1. The summed E-state index contributed by atoms with van der Waals surface area (Å²) >= 11 is 6.32. The van der Waals surface area contributed by atoms with Gasteiger partial charge in [0.2, 0.25) is 5.91 Å². The van der Waals surface area contributed by atoms with E-state index >= 15 is 0 Å². The van der Waals surface area contributed by atoms with Crippen LogP contribution >= 0.6 is 11.6 Å². The highest BCUT2D eigenvalue weighted by atomic mass is 35.5. The number of carbonyl (C=O) groups excluding carboxylic acids is 1. The second-order valence-electron chi connectivity index (χ2n) is 8.16. The molecule has 31 heavy (non-hydrogen) atoms. The molecule has 0 radical (unpaired) electrons. The molecule has 1 aliphatic heterocycles. The third-order valence-corrected chi connectivity index (χ3v) is 6.64. The van der Waals surface area contributed by atoms with Gasteiger partial charge in [-0.25, -0.2) is 4.79 Å². The van der Waals surface area contributed by atoms with Gasteiger partial charge in [0.15, 0.2) is 0 Å². The Morgan fingerprint density at radius 2 is 1.94 bits per heavy atom. The Hall–Kier alpha value is -3.37. The molecular formula is C26H20ClNO3. The Kier molecular flexibility index (Phi) is 4.49. The quantitative estimate of drug-likeness (QED) is 0.569. The number of hydrogen-bond acceptors (Lipinski definition) is 2. The van der Waals surface area contributed by atoms with Gasteiger partial charge in [0.05, 0.1) is 17.5 Å². The van der Waals surface area contributed by atoms with Gasteiger partial charge in [0.1, 0.15) is 0 Å². The first-order chi connectivity index (χ1) is 14.9. The number of carboxylic acid groups (broad SMARTS) is 1. The van der Waals surface area contributed by atoms with Crippen molar-refractivity contribution in [3.8, 4) is 0 Å².